The molecule has 0 bridgehead atoms. The van der Waals surface area contributed by atoms with Crippen LogP contribution in [0.1, 0.15) is 25.7 Å². The van der Waals surface area contributed by atoms with Gasteiger partial charge in [0, 0.05) is 17.6 Å². The average Bonchev–Trinajstić information content (AvgIpc) is 2.73. The van der Waals surface area contributed by atoms with E-state index in [9.17, 15) is 4.79 Å². The first-order valence-electron chi connectivity index (χ1n) is 9.61. The molecule has 0 spiro atoms. The van der Waals surface area contributed by atoms with Crippen molar-refractivity contribution >= 4 is 17.6 Å². The summed E-state index contributed by atoms with van der Waals surface area (Å²) in [6.45, 7) is 2.33. The van der Waals surface area contributed by atoms with Gasteiger partial charge < -0.3 is 14.2 Å². The summed E-state index contributed by atoms with van der Waals surface area (Å²) in [5.74, 6) is 2.12. The molecule has 0 N–H and O–H groups in total. The summed E-state index contributed by atoms with van der Waals surface area (Å²) in [6, 6.07) is 15.2. The van der Waals surface area contributed by atoms with Crippen molar-refractivity contribution in [3.63, 3.8) is 0 Å². The Balaban J connectivity index is 1.50. The molecule has 0 aromatic heterocycles. The summed E-state index contributed by atoms with van der Waals surface area (Å²) in [4.78, 5) is 13.8. The van der Waals surface area contributed by atoms with E-state index in [0.29, 0.717) is 30.6 Å². The maximum absolute atomic E-state index is 11.4. The zero-order valence-electron chi connectivity index (χ0n) is 16.1. The van der Waals surface area contributed by atoms with Gasteiger partial charge in [0.25, 0.3) is 0 Å². The second-order valence-corrected chi connectivity index (χ2v) is 7.29. The predicted octanol–water partition coefficient (Wildman–Crippen LogP) is 4.93. The third-order valence-corrected chi connectivity index (χ3v) is 5.15. The van der Waals surface area contributed by atoms with E-state index in [1.165, 1.54) is 13.5 Å². The minimum atomic E-state index is -0.165. The highest BCUT2D eigenvalue weighted by atomic mass is 35.5. The van der Waals surface area contributed by atoms with Crippen molar-refractivity contribution in [1.82, 2.24) is 4.90 Å². The van der Waals surface area contributed by atoms with Crippen LogP contribution in [0, 0.1) is 0 Å². The molecule has 0 radical (unpaired) electrons. The van der Waals surface area contributed by atoms with Crippen molar-refractivity contribution in [2.45, 2.75) is 31.7 Å². The third kappa shape index (κ3) is 6.14. The molecular formula is C22H26ClNO4. The second kappa shape index (κ2) is 10.3. The lowest BCUT2D eigenvalue weighted by atomic mass is 10.0. The van der Waals surface area contributed by atoms with Crippen molar-refractivity contribution < 1.29 is 19.0 Å². The number of methoxy groups -OCH3 is 1. The van der Waals surface area contributed by atoms with E-state index in [0.717, 1.165) is 36.6 Å². The van der Waals surface area contributed by atoms with E-state index >= 15 is 0 Å². The molecule has 150 valence electrons. The number of likely N-dealkylation sites (tertiary alicyclic amines) is 1. The smallest absolute Gasteiger partial charge is 0.306 e. The third-order valence-electron chi connectivity index (χ3n) is 4.90. The van der Waals surface area contributed by atoms with Gasteiger partial charge in [-0.3, -0.25) is 9.69 Å². The van der Waals surface area contributed by atoms with Crippen LogP contribution in [-0.2, 0) is 9.53 Å². The molecule has 2 aromatic rings. The lowest BCUT2D eigenvalue weighted by Crippen LogP contribution is -2.44. The molecule has 1 aliphatic rings. The van der Waals surface area contributed by atoms with Gasteiger partial charge in [0.15, 0.2) is 0 Å². The predicted molar refractivity (Wildman–Crippen MR) is 109 cm³/mol. The monoisotopic (exact) mass is 403 g/mol. The molecule has 1 fully saturated rings. The zero-order chi connectivity index (χ0) is 19.8. The number of hydrogen-bond acceptors (Lipinski definition) is 5. The van der Waals surface area contributed by atoms with Gasteiger partial charge in [-0.25, -0.2) is 0 Å². The van der Waals surface area contributed by atoms with Crippen LogP contribution in [0.3, 0.4) is 0 Å². The molecule has 0 aliphatic carbocycles. The molecule has 0 unspecified atom stereocenters. The topological polar surface area (TPSA) is 48.0 Å². The van der Waals surface area contributed by atoms with Crippen LogP contribution >= 0.6 is 11.6 Å². The van der Waals surface area contributed by atoms with Crippen LogP contribution in [0.5, 0.6) is 17.2 Å². The highest BCUT2D eigenvalue weighted by Gasteiger charge is 2.23. The summed E-state index contributed by atoms with van der Waals surface area (Å²) in [6.07, 6.45) is 3.85. The maximum atomic E-state index is 11.4. The molecule has 1 saturated heterocycles. The minimum Gasteiger partial charge on any atom is -0.492 e. The summed E-state index contributed by atoms with van der Waals surface area (Å²) in [5.41, 5.74) is 0. The number of piperidine rings is 1. The van der Waals surface area contributed by atoms with Crippen molar-refractivity contribution in [3.05, 3.63) is 53.6 Å². The summed E-state index contributed by atoms with van der Waals surface area (Å²) < 4.78 is 16.5. The van der Waals surface area contributed by atoms with E-state index in [1.807, 2.05) is 36.4 Å². The quantitative estimate of drug-likeness (QED) is 0.585. The Labute approximate surface area is 171 Å². The number of esters is 1. The fourth-order valence-corrected chi connectivity index (χ4v) is 3.44. The van der Waals surface area contributed by atoms with E-state index in [2.05, 4.69) is 4.90 Å². The van der Waals surface area contributed by atoms with Gasteiger partial charge in [0.05, 0.1) is 13.5 Å². The Bertz CT molecular complexity index is 748. The molecule has 1 heterocycles. The number of ether oxygens (including phenoxy) is 3. The molecule has 1 aliphatic heterocycles. The lowest BCUT2D eigenvalue weighted by Gasteiger charge is -2.35. The first-order chi connectivity index (χ1) is 13.6. The van der Waals surface area contributed by atoms with Gasteiger partial charge in [0.2, 0.25) is 0 Å². The fourth-order valence-electron chi connectivity index (χ4n) is 3.32. The number of carbonyl (C=O) groups excluding carboxylic acids is 1. The molecule has 5 nitrogen and oxygen atoms in total. The Kier molecular flexibility index (Phi) is 7.57. The largest absolute Gasteiger partial charge is 0.492 e. The van der Waals surface area contributed by atoms with Crippen LogP contribution < -0.4 is 9.47 Å². The van der Waals surface area contributed by atoms with Crippen LogP contribution in [0.2, 0.25) is 5.02 Å². The SMILES string of the molecule is COC(=O)CCN1CCCC[C@H]1COc1ccc(Oc2ccc(Cl)cc2)cc1. The number of nitrogens with zero attached hydrogens (tertiary/aromatic N) is 1. The van der Waals surface area contributed by atoms with Crippen molar-refractivity contribution in [1.29, 1.82) is 0 Å². The highest BCUT2D eigenvalue weighted by Crippen LogP contribution is 2.26. The number of rotatable bonds is 8. The Morgan fingerprint density at radius 1 is 1.04 bits per heavy atom. The van der Waals surface area contributed by atoms with Crippen LogP contribution in [0.25, 0.3) is 0 Å². The maximum Gasteiger partial charge on any atom is 0.306 e. The molecule has 2 aromatic carbocycles. The van der Waals surface area contributed by atoms with Crippen molar-refractivity contribution in [2.24, 2.45) is 0 Å². The van der Waals surface area contributed by atoms with Crippen molar-refractivity contribution in [3.8, 4) is 17.2 Å². The van der Waals surface area contributed by atoms with Gasteiger partial charge in [-0.15, -0.1) is 0 Å². The molecule has 3 rings (SSSR count). The minimum absolute atomic E-state index is 0.165. The summed E-state index contributed by atoms with van der Waals surface area (Å²) >= 11 is 5.89. The molecule has 1 atom stereocenters. The van der Waals surface area contributed by atoms with Gasteiger partial charge >= 0.3 is 5.97 Å². The number of benzene rings is 2. The molecular weight excluding hydrogens is 378 g/mol. The standard InChI is InChI=1S/C22H26ClNO4/c1-26-22(25)13-15-24-14-3-2-4-18(24)16-27-19-9-11-21(12-10-19)28-20-7-5-17(23)6-8-20/h5-12,18H,2-4,13-16H2,1H3/t18-/m0/s1. The highest BCUT2D eigenvalue weighted by molar-refractivity contribution is 6.30. The number of halogens is 1. The van der Waals surface area contributed by atoms with Gasteiger partial charge in [0.1, 0.15) is 23.9 Å². The first kappa shape index (κ1) is 20.5. The normalized spacial score (nSPS) is 17.1. The van der Waals surface area contributed by atoms with E-state index < -0.39 is 0 Å². The number of hydrogen-bond donors (Lipinski definition) is 0. The van der Waals surface area contributed by atoms with Gasteiger partial charge in [-0.1, -0.05) is 18.0 Å². The Morgan fingerprint density at radius 3 is 2.36 bits per heavy atom. The zero-order valence-corrected chi connectivity index (χ0v) is 16.9. The first-order valence-corrected chi connectivity index (χ1v) is 9.99. The molecule has 0 saturated carbocycles. The fraction of sp³-hybridized carbons (Fsp3) is 0.409. The van der Waals surface area contributed by atoms with Crippen LogP contribution in [0.4, 0.5) is 0 Å². The van der Waals surface area contributed by atoms with E-state index in [4.69, 9.17) is 25.8 Å². The molecule has 28 heavy (non-hydrogen) atoms. The second-order valence-electron chi connectivity index (χ2n) is 6.85. The number of carbonyl (C=O) groups is 1. The van der Waals surface area contributed by atoms with E-state index in [-0.39, 0.29) is 5.97 Å². The average molecular weight is 404 g/mol. The van der Waals surface area contributed by atoms with Crippen LogP contribution in [0.15, 0.2) is 48.5 Å². The summed E-state index contributed by atoms with van der Waals surface area (Å²) in [5, 5.41) is 0.680. The van der Waals surface area contributed by atoms with Gasteiger partial charge in [-0.05, 0) is 67.9 Å². The summed E-state index contributed by atoms with van der Waals surface area (Å²) in [7, 11) is 1.43. The molecule has 0 amide bonds. The Hall–Kier alpha value is -2.24. The van der Waals surface area contributed by atoms with Gasteiger partial charge in [-0.2, -0.15) is 0 Å². The molecule has 6 heteroatoms. The van der Waals surface area contributed by atoms with Crippen LogP contribution in [-0.4, -0.2) is 43.7 Å². The Morgan fingerprint density at radius 2 is 1.68 bits per heavy atom. The van der Waals surface area contributed by atoms with E-state index in [1.54, 1.807) is 12.1 Å². The lowest BCUT2D eigenvalue weighted by molar-refractivity contribution is -0.141. The van der Waals surface area contributed by atoms with Crippen molar-refractivity contribution in [2.75, 3.05) is 26.8 Å².